The van der Waals surface area contributed by atoms with Crippen LogP contribution in [-0.2, 0) is 0 Å². The molecule has 1 aliphatic carbocycles. The van der Waals surface area contributed by atoms with Gasteiger partial charge in [0, 0.05) is 6.04 Å². The Morgan fingerprint density at radius 1 is 1.38 bits per heavy atom. The van der Waals surface area contributed by atoms with Gasteiger partial charge in [0.15, 0.2) is 10.3 Å². The molecule has 1 aromatic heterocycles. The molecule has 1 fully saturated rings. The SMILES string of the molecule is CC1(C)C(Nc2nc(Cl)c(C#N)s2)C1(C)C. The molecule has 0 aromatic carbocycles. The first-order valence-electron chi connectivity index (χ1n) is 5.13. The van der Waals surface area contributed by atoms with Crippen LogP contribution in [0.5, 0.6) is 0 Å². The molecule has 86 valence electrons. The molecule has 1 aliphatic rings. The van der Waals surface area contributed by atoms with E-state index in [-0.39, 0.29) is 10.8 Å². The molecular weight excluding hydrogens is 242 g/mol. The molecule has 1 heterocycles. The van der Waals surface area contributed by atoms with E-state index in [1.807, 2.05) is 6.07 Å². The second kappa shape index (κ2) is 3.35. The van der Waals surface area contributed by atoms with Crippen molar-refractivity contribution in [3.8, 4) is 6.07 Å². The van der Waals surface area contributed by atoms with Crippen LogP contribution in [0.4, 0.5) is 5.13 Å². The van der Waals surface area contributed by atoms with Gasteiger partial charge in [-0.2, -0.15) is 5.26 Å². The number of anilines is 1. The summed E-state index contributed by atoms with van der Waals surface area (Å²) in [6.07, 6.45) is 0. The van der Waals surface area contributed by atoms with Gasteiger partial charge in [0.2, 0.25) is 0 Å². The Labute approximate surface area is 104 Å². The van der Waals surface area contributed by atoms with Crippen molar-refractivity contribution < 1.29 is 0 Å². The summed E-state index contributed by atoms with van der Waals surface area (Å²) in [4.78, 5) is 4.62. The molecular formula is C11H14ClN3S. The van der Waals surface area contributed by atoms with Gasteiger partial charge in [-0.3, -0.25) is 0 Å². The second-order valence-electron chi connectivity index (χ2n) is 5.27. The summed E-state index contributed by atoms with van der Waals surface area (Å²) in [5, 5.41) is 13.2. The molecule has 0 radical (unpaired) electrons. The number of rotatable bonds is 2. The number of thiazole rings is 1. The van der Waals surface area contributed by atoms with Gasteiger partial charge >= 0.3 is 0 Å². The first-order chi connectivity index (χ1) is 7.30. The minimum Gasteiger partial charge on any atom is -0.358 e. The fourth-order valence-corrected chi connectivity index (χ4v) is 3.09. The lowest BCUT2D eigenvalue weighted by molar-refractivity contribution is 0.457. The van der Waals surface area contributed by atoms with E-state index in [9.17, 15) is 0 Å². The van der Waals surface area contributed by atoms with E-state index in [1.165, 1.54) is 11.3 Å². The average molecular weight is 256 g/mol. The van der Waals surface area contributed by atoms with Crippen molar-refractivity contribution in [3.05, 3.63) is 10.0 Å². The van der Waals surface area contributed by atoms with Crippen LogP contribution >= 0.6 is 22.9 Å². The Kier molecular flexibility index (Phi) is 2.45. The summed E-state index contributed by atoms with van der Waals surface area (Å²) in [7, 11) is 0. The number of aromatic nitrogens is 1. The molecule has 0 spiro atoms. The minimum atomic E-state index is 0.248. The summed E-state index contributed by atoms with van der Waals surface area (Å²) in [5.41, 5.74) is 0.496. The van der Waals surface area contributed by atoms with Gasteiger partial charge in [0.25, 0.3) is 0 Å². The van der Waals surface area contributed by atoms with Crippen LogP contribution in [0.15, 0.2) is 0 Å². The van der Waals surface area contributed by atoms with Gasteiger partial charge < -0.3 is 5.32 Å². The maximum atomic E-state index is 8.80. The highest BCUT2D eigenvalue weighted by atomic mass is 35.5. The van der Waals surface area contributed by atoms with Gasteiger partial charge in [-0.05, 0) is 10.8 Å². The lowest BCUT2D eigenvalue weighted by atomic mass is 10.0. The zero-order valence-electron chi connectivity index (χ0n) is 9.76. The molecule has 0 unspecified atom stereocenters. The van der Waals surface area contributed by atoms with Crippen LogP contribution in [0.3, 0.4) is 0 Å². The molecule has 5 heteroatoms. The van der Waals surface area contributed by atoms with E-state index < -0.39 is 0 Å². The summed E-state index contributed by atoms with van der Waals surface area (Å²) in [6.45, 7) is 8.91. The number of nitriles is 1. The Hall–Kier alpha value is -0.790. The first-order valence-corrected chi connectivity index (χ1v) is 6.33. The highest BCUT2D eigenvalue weighted by Crippen LogP contribution is 2.63. The second-order valence-corrected chi connectivity index (χ2v) is 6.63. The molecule has 1 aromatic rings. The van der Waals surface area contributed by atoms with Gasteiger partial charge in [-0.25, -0.2) is 4.98 Å². The van der Waals surface area contributed by atoms with Crippen molar-refractivity contribution in [2.24, 2.45) is 10.8 Å². The molecule has 0 aliphatic heterocycles. The lowest BCUT2D eigenvalue weighted by Gasteiger charge is -2.02. The van der Waals surface area contributed by atoms with Crippen LogP contribution < -0.4 is 5.32 Å². The zero-order chi connectivity index (χ0) is 12.1. The van der Waals surface area contributed by atoms with E-state index in [4.69, 9.17) is 16.9 Å². The third kappa shape index (κ3) is 1.50. The maximum Gasteiger partial charge on any atom is 0.185 e. The average Bonchev–Trinajstić information content (AvgIpc) is 2.50. The maximum absolute atomic E-state index is 8.80. The Bertz CT molecular complexity index is 456. The van der Waals surface area contributed by atoms with Crippen LogP contribution in [-0.4, -0.2) is 11.0 Å². The fourth-order valence-electron chi connectivity index (χ4n) is 2.11. The minimum absolute atomic E-state index is 0.248. The first kappa shape index (κ1) is 11.7. The molecule has 16 heavy (non-hydrogen) atoms. The van der Waals surface area contributed by atoms with Crippen molar-refractivity contribution in [1.82, 2.24) is 4.98 Å². The van der Waals surface area contributed by atoms with E-state index in [2.05, 4.69) is 38.0 Å². The molecule has 0 bridgehead atoms. The van der Waals surface area contributed by atoms with Crippen molar-refractivity contribution in [3.63, 3.8) is 0 Å². The van der Waals surface area contributed by atoms with Gasteiger partial charge in [-0.15, -0.1) is 0 Å². The number of hydrogen-bond acceptors (Lipinski definition) is 4. The topological polar surface area (TPSA) is 48.7 Å². The molecule has 0 amide bonds. The standard InChI is InChI=1S/C11H14ClN3S/c1-10(2)8(11(10,3)4)15-9-14-7(12)6(5-13)16-9/h8H,1-4H3,(H,14,15). The number of nitrogens with zero attached hydrogens (tertiary/aromatic N) is 2. The van der Waals surface area contributed by atoms with E-state index in [0.717, 1.165) is 5.13 Å². The molecule has 2 rings (SSSR count). The normalized spacial score (nSPS) is 21.5. The van der Waals surface area contributed by atoms with E-state index >= 15 is 0 Å². The van der Waals surface area contributed by atoms with E-state index in [0.29, 0.717) is 16.1 Å². The van der Waals surface area contributed by atoms with Crippen LogP contribution in [0, 0.1) is 22.2 Å². The Morgan fingerprint density at radius 2 is 1.94 bits per heavy atom. The number of nitrogens with one attached hydrogen (secondary N) is 1. The Balaban J connectivity index is 2.16. The molecule has 0 saturated heterocycles. The van der Waals surface area contributed by atoms with Crippen molar-refractivity contribution in [1.29, 1.82) is 5.26 Å². The number of halogens is 1. The van der Waals surface area contributed by atoms with Crippen molar-refractivity contribution in [2.45, 2.75) is 33.7 Å². The van der Waals surface area contributed by atoms with Crippen molar-refractivity contribution in [2.75, 3.05) is 5.32 Å². The van der Waals surface area contributed by atoms with Gasteiger partial charge in [0.05, 0.1) is 0 Å². The van der Waals surface area contributed by atoms with E-state index in [1.54, 1.807) is 0 Å². The van der Waals surface area contributed by atoms with Crippen LogP contribution in [0.25, 0.3) is 0 Å². The molecule has 1 N–H and O–H groups in total. The third-order valence-electron chi connectivity index (χ3n) is 3.98. The van der Waals surface area contributed by atoms with Crippen molar-refractivity contribution >= 4 is 28.1 Å². The smallest absolute Gasteiger partial charge is 0.185 e. The summed E-state index contributed by atoms with van der Waals surface area (Å²) in [5.74, 6) is 0. The lowest BCUT2D eigenvalue weighted by Crippen LogP contribution is -2.09. The van der Waals surface area contributed by atoms with Crippen LogP contribution in [0.1, 0.15) is 32.6 Å². The molecule has 3 nitrogen and oxygen atoms in total. The molecule has 1 saturated carbocycles. The Morgan fingerprint density at radius 3 is 2.31 bits per heavy atom. The number of hydrogen-bond donors (Lipinski definition) is 1. The van der Waals surface area contributed by atoms with Gasteiger partial charge in [0.1, 0.15) is 10.9 Å². The largest absolute Gasteiger partial charge is 0.358 e. The highest BCUT2D eigenvalue weighted by Gasteiger charge is 2.65. The molecule has 0 atom stereocenters. The zero-order valence-corrected chi connectivity index (χ0v) is 11.3. The highest BCUT2D eigenvalue weighted by molar-refractivity contribution is 7.16. The van der Waals surface area contributed by atoms with Crippen LogP contribution in [0.2, 0.25) is 5.15 Å². The third-order valence-corrected chi connectivity index (χ3v) is 5.25. The predicted molar refractivity (Wildman–Crippen MR) is 66.8 cm³/mol. The fraction of sp³-hybridized carbons (Fsp3) is 0.636. The quantitative estimate of drug-likeness (QED) is 0.880. The summed E-state index contributed by atoms with van der Waals surface area (Å²) < 4.78 is 0. The monoisotopic (exact) mass is 255 g/mol. The summed E-state index contributed by atoms with van der Waals surface area (Å²) >= 11 is 7.14. The van der Waals surface area contributed by atoms with Gasteiger partial charge in [-0.1, -0.05) is 50.6 Å². The predicted octanol–water partition coefficient (Wildman–Crippen LogP) is 3.51. The summed E-state index contributed by atoms with van der Waals surface area (Å²) in [6, 6.07) is 2.42.